The van der Waals surface area contributed by atoms with Crippen LogP contribution in [0.1, 0.15) is 68.1 Å². The van der Waals surface area contributed by atoms with E-state index in [4.69, 9.17) is 14.1 Å². The van der Waals surface area contributed by atoms with Crippen LogP contribution >= 0.6 is 11.3 Å². The summed E-state index contributed by atoms with van der Waals surface area (Å²) >= 11 is 1.58. The highest BCUT2D eigenvalue weighted by Gasteiger charge is 2.40. The van der Waals surface area contributed by atoms with Crippen LogP contribution in [0.5, 0.6) is 0 Å². The number of amides is 4. The normalized spacial score (nSPS) is 13.8. The number of benzene rings is 2. The number of rotatable bonds is 19. The summed E-state index contributed by atoms with van der Waals surface area (Å²) in [6.45, 7) is 8.05. The monoisotopic (exact) mass is 748 g/mol. The van der Waals surface area contributed by atoms with Crippen LogP contribution in [-0.2, 0) is 41.9 Å². The van der Waals surface area contributed by atoms with Crippen LogP contribution in [0.2, 0.25) is 0 Å². The topological polar surface area (TPSA) is 179 Å². The van der Waals surface area contributed by atoms with Gasteiger partial charge in [0.1, 0.15) is 6.04 Å². The largest absolute Gasteiger partial charge is 0.445 e. The lowest BCUT2D eigenvalue weighted by molar-refractivity contribution is -0.190. The number of hydrogen-bond acceptors (Lipinski definition) is 10. The Balaban J connectivity index is 1.48. The van der Waals surface area contributed by atoms with Crippen molar-refractivity contribution in [2.24, 2.45) is 11.8 Å². The van der Waals surface area contributed by atoms with Crippen molar-refractivity contribution in [2.45, 2.75) is 96.9 Å². The summed E-state index contributed by atoms with van der Waals surface area (Å²) in [6.07, 6.45) is 3.59. The maximum absolute atomic E-state index is 13.9. The van der Waals surface area contributed by atoms with E-state index in [-0.39, 0.29) is 38.3 Å². The zero-order valence-electron chi connectivity index (χ0n) is 31.0. The second-order valence-corrected chi connectivity index (χ2v) is 14.8. The molecule has 0 spiro atoms. The second-order valence-electron chi connectivity index (χ2n) is 13.9. The molecule has 0 radical (unpaired) electrons. The van der Waals surface area contributed by atoms with Gasteiger partial charge in [-0.05, 0) is 35.8 Å². The second kappa shape index (κ2) is 19.9. The number of aliphatic hydroxyl groups is 2. The molecule has 0 fully saturated rings. The third-order valence-electron chi connectivity index (χ3n) is 8.97. The van der Waals surface area contributed by atoms with Crippen LogP contribution in [0, 0.1) is 11.8 Å². The predicted octanol–water partition coefficient (Wildman–Crippen LogP) is 5.22. The maximum Gasteiger partial charge on any atom is 0.407 e. The Morgan fingerprint density at radius 2 is 1.60 bits per heavy atom. The molecule has 0 aliphatic rings. The van der Waals surface area contributed by atoms with Gasteiger partial charge in [0.15, 0.2) is 24.5 Å². The summed E-state index contributed by atoms with van der Waals surface area (Å²) < 4.78 is 10.4. The van der Waals surface area contributed by atoms with E-state index in [9.17, 15) is 24.6 Å². The van der Waals surface area contributed by atoms with Crippen molar-refractivity contribution >= 4 is 29.4 Å². The minimum atomic E-state index is -2.52. The molecule has 4 atom stereocenters. The van der Waals surface area contributed by atoms with E-state index < -0.39 is 41.9 Å². The van der Waals surface area contributed by atoms with Crippen molar-refractivity contribution < 1.29 is 33.8 Å². The van der Waals surface area contributed by atoms with Gasteiger partial charge in [0.05, 0.1) is 29.5 Å². The Hall–Kier alpha value is -4.79. The van der Waals surface area contributed by atoms with Crippen molar-refractivity contribution in [3.05, 3.63) is 106 Å². The van der Waals surface area contributed by atoms with Gasteiger partial charge in [0.2, 0.25) is 5.91 Å². The number of carbonyl (C=O) groups excluding carboxylic acids is 3. The number of oxazole rings is 1. The molecule has 5 N–H and O–H groups in total. The Bertz CT molecular complexity index is 1700. The molecule has 4 rings (SSSR count). The molecule has 14 heteroatoms. The van der Waals surface area contributed by atoms with Gasteiger partial charge in [-0.2, -0.15) is 0 Å². The van der Waals surface area contributed by atoms with Crippen LogP contribution in [0.15, 0.2) is 83.1 Å². The molecular formula is C39H52N6O7S. The smallest absolute Gasteiger partial charge is 0.407 e. The Morgan fingerprint density at radius 1 is 0.943 bits per heavy atom. The van der Waals surface area contributed by atoms with Gasteiger partial charge in [-0.15, -0.1) is 11.3 Å². The summed E-state index contributed by atoms with van der Waals surface area (Å²) in [5, 5.41) is 34.8. The summed E-state index contributed by atoms with van der Waals surface area (Å²) in [5.74, 6) is -2.47. The number of carbonyl (C=O) groups is 3. The molecule has 2 aromatic carbocycles. The van der Waals surface area contributed by atoms with Crippen molar-refractivity contribution in [1.29, 1.82) is 0 Å². The molecular weight excluding hydrogens is 697 g/mol. The lowest BCUT2D eigenvalue weighted by Gasteiger charge is -2.35. The van der Waals surface area contributed by atoms with Crippen LogP contribution in [0.25, 0.3) is 0 Å². The van der Waals surface area contributed by atoms with Crippen molar-refractivity contribution in [2.75, 3.05) is 7.05 Å². The molecule has 1 unspecified atom stereocenters. The van der Waals surface area contributed by atoms with Crippen LogP contribution < -0.4 is 16.0 Å². The van der Waals surface area contributed by atoms with E-state index in [1.165, 1.54) is 17.5 Å². The van der Waals surface area contributed by atoms with Crippen LogP contribution in [0.4, 0.5) is 9.59 Å². The number of nitrogens with one attached hydrogen (secondary N) is 3. The van der Waals surface area contributed by atoms with E-state index in [1.807, 2.05) is 67.8 Å². The molecule has 2 aromatic heterocycles. The third kappa shape index (κ3) is 13.3. The minimum absolute atomic E-state index is 0.0480. The zero-order chi connectivity index (χ0) is 38.4. The molecule has 2 heterocycles. The maximum atomic E-state index is 13.9. The first-order valence-corrected chi connectivity index (χ1v) is 18.8. The standard InChI is InChI=1S/C39H52N6O7S/c1-6-27(4)17-34-41-31(24-53-34)22-45(5)37(47)44-35(26(2)3)36(46)42-30(18-28-13-9-7-10-14-28)20-39(49,50)33(19-29-15-11-8-12-16-29)43-38(48)51-23-32-21-40-25-52-32/h7-16,21,24-27,30,33,35,49-50H,6,17-20,22-23H2,1-5H3,(H,42,46)(H,43,48)(H,44,47)/t27?,30-,33-,35-/m0/s1. The number of ether oxygens (including phenoxy) is 1. The number of nitrogens with zero attached hydrogens (tertiary/aromatic N) is 3. The van der Waals surface area contributed by atoms with Crippen LogP contribution in [0.3, 0.4) is 0 Å². The number of thiazole rings is 1. The van der Waals surface area contributed by atoms with E-state index in [1.54, 1.807) is 30.5 Å². The first-order valence-electron chi connectivity index (χ1n) is 17.9. The molecule has 53 heavy (non-hydrogen) atoms. The third-order valence-corrected chi connectivity index (χ3v) is 9.89. The number of alkyl carbamates (subject to hydrolysis) is 1. The molecule has 0 aliphatic heterocycles. The lowest BCUT2D eigenvalue weighted by Crippen LogP contribution is -2.59. The fourth-order valence-electron chi connectivity index (χ4n) is 5.73. The molecule has 0 saturated heterocycles. The minimum Gasteiger partial charge on any atom is -0.445 e. The molecule has 0 bridgehead atoms. The predicted molar refractivity (Wildman–Crippen MR) is 202 cm³/mol. The fourth-order valence-corrected chi connectivity index (χ4v) is 6.68. The zero-order valence-corrected chi connectivity index (χ0v) is 31.8. The summed E-state index contributed by atoms with van der Waals surface area (Å²) in [6, 6.07) is 14.9. The first-order chi connectivity index (χ1) is 25.3. The fraction of sp³-hybridized carbons (Fsp3) is 0.462. The van der Waals surface area contributed by atoms with Crippen molar-refractivity contribution in [3.63, 3.8) is 0 Å². The van der Waals surface area contributed by atoms with E-state index >= 15 is 0 Å². The average Bonchev–Trinajstić information content (AvgIpc) is 3.82. The molecule has 0 saturated carbocycles. The average molecular weight is 749 g/mol. The molecule has 13 nitrogen and oxygen atoms in total. The van der Waals surface area contributed by atoms with E-state index in [0.717, 1.165) is 34.7 Å². The van der Waals surface area contributed by atoms with Crippen molar-refractivity contribution in [3.8, 4) is 0 Å². The highest BCUT2D eigenvalue weighted by Crippen LogP contribution is 2.22. The lowest BCUT2D eigenvalue weighted by atomic mass is 9.90. The summed E-state index contributed by atoms with van der Waals surface area (Å²) in [4.78, 5) is 50.2. The van der Waals surface area contributed by atoms with Gasteiger partial charge >= 0.3 is 12.1 Å². The van der Waals surface area contributed by atoms with Gasteiger partial charge in [0.25, 0.3) is 0 Å². The SMILES string of the molecule is CCC(C)Cc1nc(CN(C)C(=O)N[C@H](C(=O)N[C@@H](Cc2ccccc2)CC(O)(O)[C@H](Cc2ccccc2)NC(=O)OCc2cnco2)C(C)C)cs1. The number of hydrogen-bond donors (Lipinski definition) is 5. The van der Waals surface area contributed by atoms with E-state index in [0.29, 0.717) is 11.7 Å². The Labute approximate surface area is 315 Å². The Morgan fingerprint density at radius 3 is 2.21 bits per heavy atom. The molecule has 0 aliphatic carbocycles. The quantitative estimate of drug-likeness (QED) is 0.0804. The number of aromatic nitrogens is 2. The van der Waals surface area contributed by atoms with Gasteiger partial charge in [-0.25, -0.2) is 19.6 Å². The molecule has 4 aromatic rings. The molecule has 4 amide bonds. The highest BCUT2D eigenvalue weighted by molar-refractivity contribution is 7.09. The number of urea groups is 1. The highest BCUT2D eigenvalue weighted by atomic mass is 32.1. The van der Waals surface area contributed by atoms with E-state index in [2.05, 4.69) is 34.8 Å². The first kappa shape index (κ1) is 41.0. The summed E-state index contributed by atoms with van der Waals surface area (Å²) in [5.41, 5.74) is 2.36. The molecule has 286 valence electrons. The van der Waals surface area contributed by atoms with Crippen molar-refractivity contribution in [1.82, 2.24) is 30.8 Å². The van der Waals surface area contributed by atoms with Gasteiger partial charge in [0, 0.05) is 31.3 Å². The van der Waals surface area contributed by atoms with Crippen LogP contribution in [-0.4, -0.2) is 74.1 Å². The summed E-state index contributed by atoms with van der Waals surface area (Å²) in [7, 11) is 1.65. The van der Waals surface area contributed by atoms with Gasteiger partial charge < -0.3 is 40.2 Å². The van der Waals surface area contributed by atoms with Gasteiger partial charge in [-0.1, -0.05) is 94.8 Å². The van der Waals surface area contributed by atoms with Gasteiger partial charge in [-0.3, -0.25) is 4.79 Å². The Kier molecular flexibility index (Phi) is 15.4.